The summed E-state index contributed by atoms with van der Waals surface area (Å²) in [6.45, 7) is 1.90. The van der Waals surface area contributed by atoms with Crippen molar-refractivity contribution in [2.45, 2.75) is 32.1 Å². The van der Waals surface area contributed by atoms with Gasteiger partial charge in [0.05, 0.1) is 10.6 Å². The minimum Gasteiger partial charge on any atom is -0.371 e. The first-order valence-electron chi connectivity index (χ1n) is 6.72. The molecule has 0 amide bonds. The molecule has 1 aromatic rings. The highest BCUT2D eigenvalue weighted by Gasteiger charge is 2.15. The van der Waals surface area contributed by atoms with Crippen LogP contribution in [0.25, 0.3) is 0 Å². The molecule has 1 saturated heterocycles. The number of anilines is 2. The van der Waals surface area contributed by atoms with Gasteiger partial charge in [-0.05, 0) is 18.9 Å². The molecule has 1 heterocycles. The smallest absolute Gasteiger partial charge is 0.273 e. The van der Waals surface area contributed by atoms with Crippen LogP contribution in [-0.2, 0) is 0 Å². The molecule has 1 aromatic carbocycles. The number of nitro groups is 1. The normalized spacial score (nSPS) is 16.6. The van der Waals surface area contributed by atoms with Crippen LogP contribution in [-0.4, -0.2) is 18.0 Å². The van der Waals surface area contributed by atoms with E-state index in [0.717, 1.165) is 31.6 Å². The lowest BCUT2D eigenvalue weighted by molar-refractivity contribution is -0.384. The number of nitrogen functional groups attached to an aromatic ring is 1. The van der Waals surface area contributed by atoms with E-state index < -0.39 is 0 Å². The molecule has 2 rings (SSSR count). The van der Waals surface area contributed by atoms with Crippen molar-refractivity contribution in [2.75, 3.05) is 23.4 Å². The van der Waals surface area contributed by atoms with Gasteiger partial charge in [-0.15, -0.1) is 0 Å². The topological polar surface area (TPSA) is 84.4 Å². The number of nitrogens with two attached hydrogens (primary N) is 1. The van der Waals surface area contributed by atoms with Crippen molar-refractivity contribution in [1.82, 2.24) is 0 Å². The van der Waals surface area contributed by atoms with E-state index in [1.54, 1.807) is 6.07 Å². The van der Waals surface area contributed by atoms with Crippen LogP contribution in [0.4, 0.5) is 17.1 Å². The number of nitrogens with one attached hydrogen (secondary N) is 1. The molecule has 0 saturated carbocycles. The number of non-ortho nitro benzene ring substituents is 1. The zero-order valence-corrected chi connectivity index (χ0v) is 11.0. The van der Waals surface area contributed by atoms with E-state index >= 15 is 0 Å². The Kier molecular flexibility index (Phi) is 4.57. The zero-order chi connectivity index (χ0) is 13.7. The number of hydrogen-bond acceptors (Lipinski definition) is 5. The van der Waals surface area contributed by atoms with E-state index in [1.165, 1.54) is 25.3 Å². The Balaban J connectivity index is 2.25. The van der Waals surface area contributed by atoms with Gasteiger partial charge in [0.1, 0.15) is 0 Å². The van der Waals surface area contributed by atoms with Crippen LogP contribution in [0.2, 0.25) is 0 Å². The van der Waals surface area contributed by atoms with Crippen LogP contribution >= 0.6 is 0 Å². The van der Waals surface area contributed by atoms with Crippen LogP contribution in [0.1, 0.15) is 32.1 Å². The Morgan fingerprint density at radius 1 is 1.11 bits per heavy atom. The predicted molar refractivity (Wildman–Crippen MR) is 76.2 cm³/mol. The van der Waals surface area contributed by atoms with Gasteiger partial charge in [-0.3, -0.25) is 16.0 Å². The number of benzene rings is 1. The second kappa shape index (κ2) is 6.38. The van der Waals surface area contributed by atoms with E-state index in [4.69, 9.17) is 5.84 Å². The van der Waals surface area contributed by atoms with Crippen molar-refractivity contribution < 1.29 is 4.92 Å². The molecule has 0 unspecified atom stereocenters. The Morgan fingerprint density at radius 3 is 2.32 bits per heavy atom. The average molecular weight is 264 g/mol. The Bertz CT molecular complexity index is 442. The third-order valence-corrected chi connectivity index (χ3v) is 3.50. The van der Waals surface area contributed by atoms with E-state index in [2.05, 4.69) is 10.3 Å². The van der Waals surface area contributed by atoms with Crippen molar-refractivity contribution >= 4 is 17.1 Å². The molecule has 19 heavy (non-hydrogen) atoms. The van der Waals surface area contributed by atoms with Crippen molar-refractivity contribution in [3.63, 3.8) is 0 Å². The largest absolute Gasteiger partial charge is 0.371 e. The Morgan fingerprint density at radius 2 is 1.74 bits per heavy atom. The maximum atomic E-state index is 10.9. The summed E-state index contributed by atoms with van der Waals surface area (Å²) in [5.41, 5.74) is 4.03. The molecule has 1 fully saturated rings. The van der Waals surface area contributed by atoms with Crippen LogP contribution < -0.4 is 16.2 Å². The molecule has 1 aliphatic heterocycles. The number of hydrogen-bond donors (Lipinski definition) is 2. The summed E-state index contributed by atoms with van der Waals surface area (Å²) in [6.07, 6.45) is 6.02. The predicted octanol–water partition coefficient (Wildman–Crippen LogP) is 2.65. The van der Waals surface area contributed by atoms with E-state index in [-0.39, 0.29) is 10.6 Å². The van der Waals surface area contributed by atoms with Gasteiger partial charge in [0.15, 0.2) is 0 Å². The Labute approximate surface area is 112 Å². The molecule has 0 atom stereocenters. The number of nitro benzene ring substituents is 1. The lowest BCUT2D eigenvalue weighted by Gasteiger charge is -2.27. The summed E-state index contributed by atoms with van der Waals surface area (Å²) < 4.78 is 0. The Hall–Kier alpha value is -1.82. The molecule has 0 bridgehead atoms. The minimum atomic E-state index is -0.381. The summed E-state index contributed by atoms with van der Waals surface area (Å²) in [4.78, 5) is 12.8. The molecule has 3 N–H and O–H groups in total. The van der Waals surface area contributed by atoms with Gasteiger partial charge in [0.25, 0.3) is 5.69 Å². The first-order chi connectivity index (χ1) is 9.20. The molecule has 0 spiro atoms. The SMILES string of the molecule is NNc1cc(N2CCCCCCC2)cc([N+](=O)[O-])c1. The first-order valence-corrected chi connectivity index (χ1v) is 6.72. The van der Waals surface area contributed by atoms with Crippen LogP contribution in [0, 0.1) is 10.1 Å². The van der Waals surface area contributed by atoms with Gasteiger partial charge in [-0.2, -0.15) is 0 Å². The number of rotatable bonds is 3. The molecule has 0 radical (unpaired) electrons. The van der Waals surface area contributed by atoms with Crippen molar-refractivity contribution in [1.29, 1.82) is 0 Å². The minimum absolute atomic E-state index is 0.0764. The summed E-state index contributed by atoms with van der Waals surface area (Å²) in [6, 6.07) is 4.95. The van der Waals surface area contributed by atoms with Crippen LogP contribution in [0.3, 0.4) is 0 Å². The van der Waals surface area contributed by atoms with Gasteiger partial charge in [0.2, 0.25) is 0 Å². The van der Waals surface area contributed by atoms with Crippen molar-refractivity contribution in [2.24, 2.45) is 5.84 Å². The summed E-state index contributed by atoms with van der Waals surface area (Å²) >= 11 is 0. The molecule has 6 nitrogen and oxygen atoms in total. The van der Waals surface area contributed by atoms with Gasteiger partial charge in [-0.1, -0.05) is 19.3 Å². The average Bonchev–Trinajstić information content (AvgIpc) is 2.37. The highest BCUT2D eigenvalue weighted by atomic mass is 16.6. The molecule has 0 aliphatic carbocycles. The zero-order valence-electron chi connectivity index (χ0n) is 11.0. The van der Waals surface area contributed by atoms with Gasteiger partial charge in [0, 0.05) is 30.9 Å². The van der Waals surface area contributed by atoms with Crippen molar-refractivity contribution in [3.8, 4) is 0 Å². The molecular formula is C13H20N4O2. The quantitative estimate of drug-likeness (QED) is 0.498. The summed E-state index contributed by atoms with van der Waals surface area (Å²) in [5, 5.41) is 10.9. The second-order valence-corrected chi connectivity index (χ2v) is 4.89. The summed E-state index contributed by atoms with van der Waals surface area (Å²) in [5.74, 6) is 5.38. The molecule has 0 aromatic heterocycles. The standard InChI is InChI=1S/C13H20N4O2/c14-15-11-8-12(10-13(9-11)17(18)19)16-6-4-2-1-3-5-7-16/h8-10,15H,1-7,14H2. The summed E-state index contributed by atoms with van der Waals surface area (Å²) in [7, 11) is 0. The van der Waals surface area contributed by atoms with Crippen LogP contribution in [0.5, 0.6) is 0 Å². The maximum absolute atomic E-state index is 10.9. The number of hydrazine groups is 1. The third kappa shape index (κ3) is 3.57. The fraction of sp³-hybridized carbons (Fsp3) is 0.538. The van der Waals surface area contributed by atoms with E-state index in [1.807, 2.05) is 6.07 Å². The maximum Gasteiger partial charge on any atom is 0.273 e. The molecule has 104 valence electrons. The first kappa shape index (κ1) is 13.6. The molecule has 6 heteroatoms. The lowest BCUT2D eigenvalue weighted by atomic mass is 10.1. The highest BCUT2D eigenvalue weighted by molar-refractivity contribution is 5.64. The molecular weight excluding hydrogens is 244 g/mol. The fourth-order valence-corrected chi connectivity index (χ4v) is 2.47. The lowest BCUT2D eigenvalue weighted by Crippen LogP contribution is -2.27. The van der Waals surface area contributed by atoms with Gasteiger partial charge >= 0.3 is 0 Å². The molecule has 1 aliphatic rings. The van der Waals surface area contributed by atoms with E-state index in [9.17, 15) is 10.1 Å². The monoisotopic (exact) mass is 264 g/mol. The second-order valence-electron chi connectivity index (χ2n) is 4.89. The fourth-order valence-electron chi connectivity index (χ4n) is 2.47. The highest BCUT2D eigenvalue weighted by Crippen LogP contribution is 2.28. The third-order valence-electron chi connectivity index (χ3n) is 3.50. The van der Waals surface area contributed by atoms with Crippen molar-refractivity contribution in [3.05, 3.63) is 28.3 Å². The van der Waals surface area contributed by atoms with Gasteiger partial charge in [-0.25, -0.2) is 0 Å². The van der Waals surface area contributed by atoms with Gasteiger partial charge < -0.3 is 10.3 Å². The van der Waals surface area contributed by atoms with Crippen LogP contribution in [0.15, 0.2) is 18.2 Å². The van der Waals surface area contributed by atoms with E-state index in [0.29, 0.717) is 5.69 Å². The number of nitrogens with zero attached hydrogens (tertiary/aromatic N) is 2.